The molecule has 0 bridgehead atoms. The summed E-state index contributed by atoms with van der Waals surface area (Å²) in [5, 5.41) is 49.6. The van der Waals surface area contributed by atoms with Crippen molar-refractivity contribution in [3.63, 3.8) is 0 Å². The molecule has 23 heteroatoms. The third-order valence-corrected chi connectivity index (χ3v) is 7.79. The summed E-state index contributed by atoms with van der Waals surface area (Å²) in [5.41, 5.74) is -1.79. The topological polar surface area (TPSA) is 299 Å². The molecular weight excluding hydrogens is 600 g/mol. The molecule has 0 amide bonds. The van der Waals surface area contributed by atoms with Gasteiger partial charge in [-0.2, -0.15) is 0 Å². The normalized spacial score (nSPS) is 35.6. The molecular formula is C16H22N2Na2O17P2. The van der Waals surface area contributed by atoms with Crippen molar-refractivity contribution < 1.29 is 131 Å². The number of H-pyrrole nitrogens is 1. The molecule has 1 aromatic rings. The third kappa shape index (κ3) is 9.16. The second kappa shape index (κ2) is 14.7. The number of nitrogens with one attached hydrogen (secondary N) is 1. The predicted octanol–water partition coefficient (Wildman–Crippen LogP) is -11.5. The summed E-state index contributed by atoms with van der Waals surface area (Å²) >= 11 is 0. The molecule has 19 nitrogen and oxygen atoms in total. The molecule has 2 aliphatic rings. The maximum absolute atomic E-state index is 12.1. The van der Waals surface area contributed by atoms with Gasteiger partial charge in [-0.15, -0.1) is 0 Å². The summed E-state index contributed by atoms with van der Waals surface area (Å²) < 4.78 is 47.2. The average molecular weight is 622 g/mol. The van der Waals surface area contributed by atoms with E-state index >= 15 is 0 Å². The van der Waals surface area contributed by atoms with Crippen molar-refractivity contribution in [1.82, 2.24) is 9.55 Å². The molecule has 0 saturated carbocycles. The van der Waals surface area contributed by atoms with Gasteiger partial charge in [-0.3, -0.25) is 32.8 Å². The van der Waals surface area contributed by atoms with Crippen LogP contribution >= 0.6 is 15.6 Å². The molecule has 2 aliphatic heterocycles. The minimum absolute atomic E-state index is 0. The quantitative estimate of drug-likeness (QED) is 0.110. The Bertz CT molecular complexity index is 1210. The van der Waals surface area contributed by atoms with Crippen molar-refractivity contribution in [2.75, 3.05) is 6.61 Å². The number of ketones is 1. The first-order chi connectivity index (χ1) is 17.0. The smallest absolute Gasteiger partial charge is 0.756 e. The van der Waals surface area contributed by atoms with Crippen LogP contribution < -0.4 is 80.2 Å². The maximum Gasteiger partial charge on any atom is 1.00 e. The van der Waals surface area contributed by atoms with Crippen molar-refractivity contribution in [1.29, 1.82) is 0 Å². The van der Waals surface area contributed by atoms with Crippen molar-refractivity contribution in [2.24, 2.45) is 0 Å². The first-order valence-electron chi connectivity index (χ1n) is 10.2. The van der Waals surface area contributed by atoms with E-state index in [0.717, 1.165) is 19.2 Å². The van der Waals surface area contributed by atoms with Crippen LogP contribution in [0.4, 0.5) is 0 Å². The number of aliphatic hydroxyl groups excluding tert-OH is 5. The van der Waals surface area contributed by atoms with Crippen LogP contribution in [0.2, 0.25) is 0 Å². The van der Waals surface area contributed by atoms with Gasteiger partial charge in [0.1, 0.15) is 42.7 Å². The molecule has 0 spiro atoms. The van der Waals surface area contributed by atoms with E-state index in [-0.39, 0.29) is 59.1 Å². The molecule has 3 heterocycles. The molecule has 39 heavy (non-hydrogen) atoms. The number of rotatable bonds is 9. The molecule has 2 saturated heterocycles. The van der Waals surface area contributed by atoms with Crippen LogP contribution in [0.1, 0.15) is 13.2 Å². The van der Waals surface area contributed by atoms with Crippen LogP contribution in [-0.2, 0) is 36.8 Å². The number of hydrogen-bond donors (Lipinski definition) is 6. The Morgan fingerprint density at radius 3 is 2.18 bits per heavy atom. The van der Waals surface area contributed by atoms with Crippen molar-refractivity contribution in [2.45, 2.75) is 62.2 Å². The molecule has 11 atom stereocenters. The van der Waals surface area contributed by atoms with Crippen molar-refractivity contribution in [3.05, 3.63) is 33.1 Å². The number of aromatic nitrogens is 2. The predicted molar refractivity (Wildman–Crippen MR) is 108 cm³/mol. The Balaban J connectivity index is 0.00000380. The van der Waals surface area contributed by atoms with E-state index < -0.39 is 94.5 Å². The number of hydrogen-bond acceptors (Lipinski definition) is 17. The fourth-order valence-electron chi connectivity index (χ4n) is 3.45. The Hall–Kier alpha value is 0.330. The Morgan fingerprint density at radius 2 is 1.62 bits per heavy atom. The van der Waals surface area contributed by atoms with Crippen molar-refractivity contribution >= 4 is 21.4 Å². The van der Waals surface area contributed by atoms with Gasteiger partial charge < -0.3 is 49.3 Å². The fourth-order valence-corrected chi connectivity index (χ4v) is 5.53. The van der Waals surface area contributed by atoms with Crippen LogP contribution in [0.3, 0.4) is 0 Å². The fraction of sp³-hybridized carbons (Fsp3) is 0.688. The zero-order valence-electron chi connectivity index (χ0n) is 20.5. The third-order valence-electron chi connectivity index (χ3n) is 5.26. The Morgan fingerprint density at radius 1 is 1.00 bits per heavy atom. The van der Waals surface area contributed by atoms with Crippen molar-refractivity contribution in [3.8, 4) is 0 Å². The standard InChI is InChI=1S/C16H24N2O17P2.2Na/c1-5(19)13-10(23)9(22)12(25)15(33-13)34-37(29,30)35-36(27,28)31-4-6-8(21)11(24)14(32-6)18-3-2-7(20)17-16(18)26;;/h2-3,6,8-15,21-25H,4H2,1H3,(H,27,28)(H,29,30)(H,17,20,26);;/q;2*+1/p-2. The van der Waals surface area contributed by atoms with E-state index in [1.54, 1.807) is 0 Å². The number of aliphatic hydroxyl groups is 5. The molecule has 0 radical (unpaired) electrons. The zero-order valence-corrected chi connectivity index (χ0v) is 26.3. The van der Waals surface area contributed by atoms with Crippen LogP contribution in [0.5, 0.6) is 0 Å². The number of aromatic amines is 1. The van der Waals surface area contributed by atoms with E-state index in [0.29, 0.717) is 4.57 Å². The Labute approximate surface area is 262 Å². The van der Waals surface area contributed by atoms with Crippen LogP contribution in [0, 0.1) is 0 Å². The van der Waals surface area contributed by atoms with Gasteiger partial charge in [0.05, 0.1) is 6.61 Å². The van der Waals surface area contributed by atoms with E-state index in [1.807, 2.05) is 4.98 Å². The van der Waals surface area contributed by atoms with Gasteiger partial charge in [-0.25, -0.2) is 9.11 Å². The monoisotopic (exact) mass is 622 g/mol. The van der Waals surface area contributed by atoms with E-state index in [4.69, 9.17) is 9.47 Å². The SMILES string of the molecule is CC(=O)C1OC(OP(=O)([O-])OP(=O)([O-])OCC2OC(n3ccc(=O)[nH]c3=O)C(O)C2O)C(O)C(O)C1O.[Na+].[Na+]. The summed E-state index contributed by atoms with van der Waals surface area (Å²) in [6.45, 7) is -0.218. The number of Topliss-reactive ketones (excluding diaryl/α,β-unsaturated/α-hetero) is 1. The number of nitrogens with zero attached hydrogens (tertiary/aromatic N) is 1. The Kier molecular flexibility index (Phi) is 14.1. The average Bonchev–Trinajstić information content (AvgIpc) is 3.05. The van der Waals surface area contributed by atoms with Crippen LogP contribution in [-0.4, -0.2) is 96.5 Å². The van der Waals surface area contributed by atoms with E-state index in [9.17, 15) is 58.8 Å². The summed E-state index contributed by atoms with van der Waals surface area (Å²) in [7, 11) is -11.8. The minimum atomic E-state index is -5.95. The molecule has 0 aliphatic carbocycles. The van der Waals surface area contributed by atoms with E-state index in [1.165, 1.54) is 0 Å². The van der Waals surface area contributed by atoms with Crippen LogP contribution in [0.15, 0.2) is 21.9 Å². The van der Waals surface area contributed by atoms with Gasteiger partial charge >= 0.3 is 64.8 Å². The molecule has 1 aromatic heterocycles. The minimum Gasteiger partial charge on any atom is -0.756 e. The summed E-state index contributed by atoms with van der Waals surface area (Å²) in [4.78, 5) is 60.5. The molecule has 3 rings (SSSR count). The summed E-state index contributed by atoms with van der Waals surface area (Å²) in [5.74, 6) is -0.883. The second-order valence-corrected chi connectivity index (χ2v) is 10.9. The van der Waals surface area contributed by atoms with Gasteiger partial charge in [0, 0.05) is 12.3 Å². The largest absolute Gasteiger partial charge is 1.00 e. The number of carbonyl (C=O) groups is 1. The molecule has 0 aromatic carbocycles. The first-order valence-corrected chi connectivity index (χ1v) is 13.1. The van der Waals surface area contributed by atoms with Gasteiger partial charge in [0.2, 0.25) is 0 Å². The van der Waals surface area contributed by atoms with Gasteiger partial charge in [0.15, 0.2) is 18.3 Å². The number of phosphoric acid groups is 2. The van der Waals surface area contributed by atoms with E-state index in [2.05, 4.69) is 13.4 Å². The first kappa shape index (κ1) is 37.4. The number of phosphoric ester groups is 2. The maximum atomic E-state index is 12.1. The van der Waals surface area contributed by atoms with Crippen LogP contribution in [0.25, 0.3) is 0 Å². The number of carbonyl (C=O) groups excluding carboxylic acids is 1. The second-order valence-electron chi connectivity index (χ2n) is 7.95. The number of ether oxygens (including phenoxy) is 2. The molecule has 6 N–H and O–H groups in total. The van der Waals surface area contributed by atoms with Gasteiger partial charge in [0.25, 0.3) is 21.2 Å². The molecule has 210 valence electrons. The summed E-state index contributed by atoms with van der Waals surface area (Å²) in [6.07, 6.45) is -16.4. The van der Waals surface area contributed by atoms with Gasteiger partial charge in [-0.1, -0.05) is 0 Å². The molecule has 2 fully saturated rings. The molecule has 11 unspecified atom stereocenters. The summed E-state index contributed by atoms with van der Waals surface area (Å²) in [6, 6.07) is 0.907. The zero-order chi connectivity index (χ0) is 27.9. The van der Waals surface area contributed by atoms with Gasteiger partial charge in [-0.05, 0) is 6.92 Å².